The van der Waals surface area contributed by atoms with Gasteiger partial charge >= 0.3 is 0 Å². The van der Waals surface area contributed by atoms with Crippen molar-refractivity contribution >= 4 is 15.9 Å². The van der Waals surface area contributed by atoms with Gasteiger partial charge in [0.05, 0.1) is 18.6 Å². The summed E-state index contributed by atoms with van der Waals surface area (Å²) in [5.74, 6) is 0.216. The molecule has 8 heteroatoms. The Hall–Kier alpha value is -1.64. The van der Waals surface area contributed by atoms with Crippen LogP contribution in [0.15, 0.2) is 29.2 Å². The second-order valence-corrected chi connectivity index (χ2v) is 6.77. The summed E-state index contributed by atoms with van der Waals surface area (Å²) in [5.41, 5.74) is 0. The molecule has 0 unspecified atom stereocenters. The van der Waals surface area contributed by atoms with Gasteiger partial charge in [-0.25, -0.2) is 13.1 Å². The fourth-order valence-corrected chi connectivity index (χ4v) is 2.67. The predicted octanol–water partition coefficient (Wildman–Crippen LogP) is 0.0414. The van der Waals surface area contributed by atoms with Gasteiger partial charge in [-0.2, -0.15) is 0 Å². The van der Waals surface area contributed by atoms with Crippen molar-refractivity contribution in [3.63, 3.8) is 0 Å². The van der Waals surface area contributed by atoms with Gasteiger partial charge in [0.15, 0.2) is 0 Å². The minimum atomic E-state index is -3.70. The Morgan fingerprint density at radius 1 is 1.23 bits per heavy atom. The Bertz CT molecular complexity index is 570. The highest BCUT2D eigenvalue weighted by atomic mass is 32.2. The van der Waals surface area contributed by atoms with Crippen LogP contribution in [0.3, 0.4) is 0 Å². The minimum Gasteiger partial charge on any atom is -0.497 e. The lowest BCUT2D eigenvalue weighted by atomic mass is 10.3. The molecule has 0 aliphatic carbocycles. The number of amides is 1. The lowest BCUT2D eigenvalue weighted by molar-refractivity contribution is -0.119. The maximum atomic E-state index is 12.0. The molecule has 2 N–H and O–H groups in total. The number of hydrogen-bond acceptors (Lipinski definition) is 5. The molecule has 0 saturated carbocycles. The molecule has 0 fully saturated rings. The van der Waals surface area contributed by atoms with E-state index in [2.05, 4.69) is 10.0 Å². The van der Waals surface area contributed by atoms with Gasteiger partial charge < -0.3 is 15.0 Å². The predicted molar refractivity (Wildman–Crippen MR) is 84.4 cm³/mol. The van der Waals surface area contributed by atoms with Gasteiger partial charge in [0.1, 0.15) is 5.75 Å². The SMILES string of the molecule is COc1ccc(S(=O)(=O)NCC(=O)NCCCN(C)C)cc1. The van der Waals surface area contributed by atoms with Gasteiger partial charge in [0, 0.05) is 6.54 Å². The van der Waals surface area contributed by atoms with Crippen molar-refractivity contribution in [2.24, 2.45) is 0 Å². The van der Waals surface area contributed by atoms with Gasteiger partial charge in [0.2, 0.25) is 15.9 Å². The number of benzene rings is 1. The summed E-state index contributed by atoms with van der Waals surface area (Å²) in [4.78, 5) is 13.7. The van der Waals surface area contributed by atoms with Crippen molar-refractivity contribution in [2.75, 3.05) is 40.8 Å². The fourth-order valence-electron chi connectivity index (χ4n) is 1.68. The van der Waals surface area contributed by atoms with Gasteiger partial charge in [-0.1, -0.05) is 0 Å². The molecule has 0 aliphatic heterocycles. The maximum absolute atomic E-state index is 12.0. The Balaban J connectivity index is 2.42. The fraction of sp³-hybridized carbons (Fsp3) is 0.500. The third kappa shape index (κ3) is 6.42. The largest absolute Gasteiger partial charge is 0.497 e. The molecule has 0 bridgehead atoms. The van der Waals surface area contributed by atoms with Crippen molar-refractivity contribution in [3.05, 3.63) is 24.3 Å². The van der Waals surface area contributed by atoms with E-state index in [-0.39, 0.29) is 17.3 Å². The van der Waals surface area contributed by atoms with Crippen LogP contribution in [0.4, 0.5) is 0 Å². The van der Waals surface area contributed by atoms with Gasteiger partial charge in [-0.15, -0.1) is 0 Å². The number of carbonyl (C=O) groups excluding carboxylic acids is 1. The Kier molecular flexibility index (Phi) is 7.30. The van der Waals surface area contributed by atoms with Crippen LogP contribution in [0.5, 0.6) is 5.75 Å². The number of carbonyl (C=O) groups is 1. The first-order valence-corrected chi connectivity index (χ1v) is 8.38. The van der Waals surface area contributed by atoms with Crippen LogP contribution in [0, 0.1) is 0 Å². The van der Waals surface area contributed by atoms with E-state index in [1.807, 2.05) is 19.0 Å². The second kappa shape index (κ2) is 8.72. The zero-order valence-corrected chi connectivity index (χ0v) is 13.9. The maximum Gasteiger partial charge on any atom is 0.241 e. The molecule has 0 aromatic heterocycles. The van der Waals surface area contributed by atoms with Gasteiger partial charge in [-0.05, 0) is 51.3 Å². The topological polar surface area (TPSA) is 87.7 Å². The number of methoxy groups -OCH3 is 1. The summed E-state index contributed by atoms with van der Waals surface area (Å²) in [7, 11) is 1.70. The molecule has 22 heavy (non-hydrogen) atoms. The minimum absolute atomic E-state index is 0.0914. The average molecular weight is 329 g/mol. The second-order valence-electron chi connectivity index (χ2n) is 5.01. The van der Waals surface area contributed by atoms with Crippen molar-refractivity contribution in [2.45, 2.75) is 11.3 Å². The molecule has 0 heterocycles. The first-order valence-electron chi connectivity index (χ1n) is 6.90. The molecule has 1 aromatic carbocycles. The smallest absolute Gasteiger partial charge is 0.241 e. The Morgan fingerprint density at radius 3 is 2.41 bits per heavy atom. The summed E-state index contributed by atoms with van der Waals surface area (Å²) >= 11 is 0. The van der Waals surface area contributed by atoms with E-state index in [1.54, 1.807) is 12.1 Å². The van der Waals surface area contributed by atoms with Crippen LogP contribution >= 0.6 is 0 Å². The highest BCUT2D eigenvalue weighted by molar-refractivity contribution is 7.89. The van der Waals surface area contributed by atoms with Gasteiger partial charge in [-0.3, -0.25) is 4.79 Å². The standard InChI is InChI=1S/C14H23N3O4S/c1-17(2)10-4-9-15-14(18)11-16-22(19,20)13-7-5-12(21-3)6-8-13/h5-8,16H,4,9-11H2,1-3H3,(H,15,18). The zero-order valence-electron chi connectivity index (χ0n) is 13.1. The van der Waals surface area contributed by atoms with Crippen LogP contribution in [-0.2, 0) is 14.8 Å². The Morgan fingerprint density at radius 2 is 1.86 bits per heavy atom. The molecule has 0 spiro atoms. The summed E-state index contributed by atoms with van der Waals surface area (Å²) < 4.78 is 31.3. The van der Waals surface area contributed by atoms with Crippen LogP contribution < -0.4 is 14.8 Å². The normalized spacial score (nSPS) is 11.5. The number of ether oxygens (including phenoxy) is 1. The molecule has 1 amide bonds. The molecule has 124 valence electrons. The average Bonchev–Trinajstić information content (AvgIpc) is 2.49. The third-order valence-corrected chi connectivity index (χ3v) is 4.31. The number of nitrogens with one attached hydrogen (secondary N) is 2. The zero-order chi connectivity index (χ0) is 16.6. The molecule has 7 nitrogen and oxygen atoms in total. The van der Waals surface area contributed by atoms with E-state index in [0.29, 0.717) is 12.3 Å². The molecule has 0 radical (unpaired) electrons. The third-order valence-electron chi connectivity index (χ3n) is 2.90. The number of rotatable bonds is 9. The summed E-state index contributed by atoms with van der Waals surface area (Å²) in [6.07, 6.45) is 0.809. The lowest BCUT2D eigenvalue weighted by Crippen LogP contribution is -2.37. The Labute approximate surface area is 131 Å². The molecular weight excluding hydrogens is 306 g/mol. The molecular formula is C14H23N3O4S. The van der Waals surface area contributed by atoms with E-state index >= 15 is 0 Å². The molecule has 0 atom stereocenters. The van der Waals surface area contributed by atoms with Crippen molar-refractivity contribution in [1.29, 1.82) is 0 Å². The van der Waals surface area contributed by atoms with E-state index in [1.165, 1.54) is 19.2 Å². The van der Waals surface area contributed by atoms with Crippen LogP contribution in [0.2, 0.25) is 0 Å². The van der Waals surface area contributed by atoms with E-state index < -0.39 is 10.0 Å². The number of sulfonamides is 1. The first kappa shape index (κ1) is 18.4. The highest BCUT2D eigenvalue weighted by Gasteiger charge is 2.15. The van der Waals surface area contributed by atoms with E-state index in [4.69, 9.17) is 4.74 Å². The summed E-state index contributed by atoms with van der Waals surface area (Å²) in [6, 6.07) is 5.96. The molecule has 0 aliphatic rings. The van der Waals surface area contributed by atoms with Crippen LogP contribution in [0.25, 0.3) is 0 Å². The van der Waals surface area contributed by atoms with Crippen LogP contribution in [-0.4, -0.2) is 60.1 Å². The molecule has 1 rings (SSSR count). The number of hydrogen-bond donors (Lipinski definition) is 2. The first-order chi connectivity index (χ1) is 10.3. The summed E-state index contributed by atoms with van der Waals surface area (Å²) in [6.45, 7) is 1.09. The quantitative estimate of drug-likeness (QED) is 0.625. The van der Waals surface area contributed by atoms with Gasteiger partial charge in [0.25, 0.3) is 0 Å². The van der Waals surface area contributed by atoms with Crippen molar-refractivity contribution in [1.82, 2.24) is 14.9 Å². The van der Waals surface area contributed by atoms with E-state index in [9.17, 15) is 13.2 Å². The van der Waals surface area contributed by atoms with Crippen LogP contribution in [0.1, 0.15) is 6.42 Å². The highest BCUT2D eigenvalue weighted by Crippen LogP contribution is 2.14. The van der Waals surface area contributed by atoms with Crippen molar-refractivity contribution < 1.29 is 17.9 Å². The summed E-state index contributed by atoms with van der Waals surface area (Å²) in [5, 5.41) is 2.67. The van der Waals surface area contributed by atoms with E-state index in [0.717, 1.165) is 13.0 Å². The molecule has 0 saturated heterocycles. The molecule has 1 aromatic rings. The van der Waals surface area contributed by atoms with Crippen molar-refractivity contribution in [3.8, 4) is 5.75 Å². The lowest BCUT2D eigenvalue weighted by Gasteiger charge is -2.10. The number of nitrogens with zero attached hydrogens (tertiary/aromatic N) is 1. The monoisotopic (exact) mass is 329 g/mol.